The molecular formula is C25H23N3O3. The van der Waals surface area contributed by atoms with Crippen LogP contribution in [0.25, 0.3) is 0 Å². The first-order chi connectivity index (χ1) is 15.1. The maximum Gasteiger partial charge on any atom is 0.271 e. The minimum absolute atomic E-state index is 0.262. The lowest BCUT2D eigenvalue weighted by Gasteiger charge is -2.12. The van der Waals surface area contributed by atoms with Crippen LogP contribution in [0.1, 0.15) is 39.5 Å². The molecule has 0 saturated heterocycles. The number of aryl methyl sites for hydroxylation is 1. The minimum Gasteiger partial charge on any atom is -0.490 e. The van der Waals surface area contributed by atoms with Gasteiger partial charge in [-0.3, -0.25) is 4.79 Å². The number of hydrogen-bond acceptors (Lipinski definition) is 5. The molecule has 0 fully saturated rings. The molecule has 3 rings (SSSR count). The fraction of sp³-hybridized carbons (Fsp3) is 0.160. The second-order valence-electron chi connectivity index (χ2n) is 6.75. The summed E-state index contributed by atoms with van der Waals surface area (Å²) >= 11 is 0. The summed E-state index contributed by atoms with van der Waals surface area (Å²) in [5.74, 6) is 0.930. The molecule has 1 amide bonds. The quantitative estimate of drug-likeness (QED) is 0.432. The fourth-order valence-electron chi connectivity index (χ4n) is 2.88. The summed E-state index contributed by atoms with van der Waals surface area (Å²) in [6.07, 6.45) is 1.56. The minimum atomic E-state index is -0.262. The average Bonchev–Trinajstić information content (AvgIpc) is 2.79. The third-order valence-corrected chi connectivity index (χ3v) is 4.51. The lowest BCUT2D eigenvalue weighted by Crippen LogP contribution is -2.18. The van der Waals surface area contributed by atoms with Crippen molar-refractivity contribution in [2.75, 3.05) is 6.61 Å². The molecule has 0 unspecified atom stereocenters. The van der Waals surface area contributed by atoms with E-state index in [4.69, 9.17) is 14.7 Å². The second-order valence-corrected chi connectivity index (χ2v) is 6.75. The number of rotatable bonds is 8. The number of nitrogens with zero attached hydrogens (tertiary/aromatic N) is 2. The lowest BCUT2D eigenvalue weighted by molar-refractivity contribution is 0.0954. The highest BCUT2D eigenvalue weighted by atomic mass is 16.5. The Balaban J connectivity index is 1.66. The zero-order valence-electron chi connectivity index (χ0n) is 17.5. The summed E-state index contributed by atoms with van der Waals surface area (Å²) in [6, 6.07) is 22.1. The van der Waals surface area contributed by atoms with Crippen molar-refractivity contribution < 1.29 is 14.3 Å². The first-order valence-electron chi connectivity index (χ1n) is 9.88. The Kier molecular flexibility index (Phi) is 7.39. The van der Waals surface area contributed by atoms with Gasteiger partial charge in [-0.25, -0.2) is 5.43 Å². The van der Waals surface area contributed by atoms with Gasteiger partial charge in [0.15, 0.2) is 11.5 Å². The SMILES string of the molecule is CCOc1cc(/C=N/NC(=O)c2ccccc2C)ccc1OCc1ccc(C#N)cc1. The summed E-state index contributed by atoms with van der Waals surface area (Å²) in [6.45, 7) is 4.61. The lowest BCUT2D eigenvalue weighted by atomic mass is 10.1. The number of nitriles is 1. The second kappa shape index (κ2) is 10.6. The molecule has 156 valence electrons. The Hall–Kier alpha value is -4.11. The Morgan fingerprint density at radius 3 is 2.55 bits per heavy atom. The largest absolute Gasteiger partial charge is 0.490 e. The van der Waals surface area contributed by atoms with Crippen LogP contribution >= 0.6 is 0 Å². The number of hydrazone groups is 1. The molecule has 0 aliphatic rings. The van der Waals surface area contributed by atoms with Crippen LogP contribution in [0.3, 0.4) is 0 Å². The van der Waals surface area contributed by atoms with Gasteiger partial charge in [-0.05, 0) is 66.9 Å². The highest BCUT2D eigenvalue weighted by Gasteiger charge is 2.08. The molecule has 0 radical (unpaired) electrons. The van der Waals surface area contributed by atoms with Crippen LogP contribution in [0, 0.1) is 18.3 Å². The molecule has 0 aromatic heterocycles. The number of hydrogen-bond donors (Lipinski definition) is 1. The summed E-state index contributed by atoms with van der Waals surface area (Å²) in [5, 5.41) is 12.9. The standard InChI is InChI=1S/C25H23N3O3/c1-3-30-24-14-21(16-27-28-25(29)22-7-5-4-6-18(22)2)12-13-23(24)31-17-20-10-8-19(15-26)9-11-20/h4-14,16H,3,17H2,1-2H3,(H,28,29)/b27-16+. The molecule has 0 aliphatic carbocycles. The van der Waals surface area contributed by atoms with E-state index in [1.165, 1.54) is 0 Å². The van der Waals surface area contributed by atoms with Crippen molar-refractivity contribution >= 4 is 12.1 Å². The summed E-state index contributed by atoms with van der Waals surface area (Å²) in [4.78, 5) is 12.3. The van der Waals surface area contributed by atoms with E-state index in [0.717, 1.165) is 16.7 Å². The summed E-state index contributed by atoms with van der Waals surface area (Å²) in [7, 11) is 0. The van der Waals surface area contributed by atoms with Crippen LogP contribution in [0.15, 0.2) is 71.8 Å². The van der Waals surface area contributed by atoms with Crippen molar-refractivity contribution in [1.82, 2.24) is 5.43 Å². The monoisotopic (exact) mass is 413 g/mol. The van der Waals surface area contributed by atoms with E-state index < -0.39 is 0 Å². The molecule has 1 N–H and O–H groups in total. The molecule has 3 aromatic carbocycles. The zero-order chi connectivity index (χ0) is 22.1. The van der Waals surface area contributed by atoms with Crippen LogP contribution in [-0.4, -0.2) is 18.7 Å². The van der Waals surface area contributed by atoms with Gasteiger partial charge in [0.25, 0.3) is 5.91 Å². The molecule has 6 nitrogen and oxygen atoms in total. The van der Waals surface area contributed by atoms with E-state index in [2.05, 4.69) is 16.6 Å². The molecule has 0 spiro atoms. The van der Waals surface area contributed by atoms with Crippen molar-refractivity contribution in [3.63, 3.8) is 0 Å². The number of nitrogens with one attached hydrogen (secondary N) is 1. The third kappa shape index (κ3) is 5.94. The maximum absolute atomic E-state index is 12.3. The number of carbonyl (C=O) groups is 1. The van der Waals surface area contributed by atoms with Crippen LogP contribution in [0.2, 0.25) is 0 Å². The van der Waals surface area contributed by atoms with E-state index in [-0.39, 0.29) is 5.91 Å². The zero-order valence-corrected chi connectivity index (χ0v) is 17.5. The van der Waals surface area contributed by atoms with Crippen molar-refractivity contribution in [2.45, 2.75) is 20.5 Å². The van der Waals surface area contributed by atoms with E-state index in [9.17, 15) is 4.79 Å². The normalized spacial score (nSPS) is 10.5. The predicted molar refractivity (Wildman–Crippen MR) is 119 cm³/mol. The third-order valence-electron chi connectivity index (χ3n) is 4.51. The number of carbonyl (C=O) groups excluding carboxylic acids is 1. The van der Waals surface area contributed by atoms with Gasteiger partial charge in [0.2, 0.25) is 0 Å². The van der Waals surface area contributed by atoms with Gasteiger partial charge in [-0.1, -0.05) is 30.3 Å². The van der Waals surface area contributed by atoms with E-state index in [0.29, 0.717) is 35.8 Å². The molecule has 0 aliphatic heterocycles. The van der Waals surface area contributed by atoms with Crippen molar-refractivity contribution in [3.05, 3.63) is 94.5 Å². The van der Waals surface area contributed by atoms with Gasteiger partial charge in [-0.2, -0.15) is 10.4 Å². The highest BCUT2D eigenvalue weighted by molar-refractivity contribution is 5.96. The van der Waals surface area contributed by atoms with E-state index in [1.807, 2.05) is 50.2 Å². The Labute approximate surface area is 181 Å². The van der Waals surface area contributed by atoms with Crippen LogP contribution in [-0.2, 0) is 6.61 Å². The average molecular weight is 413 g/mol. The van der Waals surface area contributed by atoms with Gasteiger partial charge in [0.05, 0.1) is 24.5 Å². The Morgan fingerprint density at radius 2 is 1.84 bits per heavy atom. The smallest absolute Gasteiger partial charge is 0.271 e. The molecule has 6 heteroatoms. The van der Waals surface area contributed by atoms with Crippen LogP contribution in [0.5, 0.6) is 11.5 Å². The van der Waals surface area contributed by atoms with E-state index in [1.54, 1.807) is 36.5 Å². The molecule has 31 heavy (non-hydrogen) atoms. The van der Waals surface area contributed by atoms with Gasteiger partial charge in [-0.15, -0.1) is 0 Å². The number of ether oxygens (including phenoxy) is 2. The van der Waals surface area contributed by atoms with Gasteiger partial charge in [0, 0.05) is 5.56 Å². The number of benzene rings is 3. The topological polar surface area (TPSA) is 83.7 Å². The molecule has 3 aromatic rings. The molecule has 0 heterocycles. The Morgan fingerprint density at radius 1 is 1.06 bits per heavy atom. The molecular weight excluding hydrogens is 390 g/mol. The van der Waals surface area contributed by atoms with E-state index >= 15 is 0 Å². The van der Waals surface area contributed by atoms with Gasteiger partial charge >= 0.3 is 0 Å². The molecule has 0 saturated carbocycles. The van der Waals surface area contributed by atoms with Crippen molar-refractivity contribution in [1.29, 1.82) is 5.26 Å². The molecule has 0 atom stereocenters. The van der Waals surface area contributed by atoms with Gasteiger partial charge < -0.3 is 9.47 Å². The van der Waals surface area contributed by atoms with Crippen LogP contribution < -0.4 is 14.9 Å². The maximum atomic E-state index is 12.3. The number of amides is 1. The summed E-state index contributed by atoms with van der Waals surface area (Å²) in [5.41, 5.74) is 6.34. The molecule has 0 bridgehead atoms. The van der Waals surface area contributed by atoms with Crippen molar-refractivity contribution in [3.8, 4) is 17.6 Å². The highest BCUT2D eigenvalue weighted by Crippen LogP contribution is 2.29. The van der Waals surface area contributed by atoms with Crippen molar-refractivity contribution in [2.24, 2.45) is 5.10 Å². The Bertz CT molecular complexity index is 1120. The predicted octanol–water partition coefficient (Wildman–Crippen LogP) is 4.61. The first kappa shape index (κ1) is 21.6. The fourth-order valence-corrected chi connectivity index (χ4v) is 2.88. The van der Waals surface area contributed by atoms with Crippen LogP contribution in [0.4, 0.5) is 0 Å². The first-order valence-corrected chi connectivity index (χ1v) is 9.88. The van der Waals surface area contributed by atoms with Gasteiger partial charge in [0.1, 0.15) is 6.61 Å². The summed E-state index contributed by atoms with van der Waals surface area (Å²) < 4.78 is 11.6.